The van der Waals surface area contributed by atoms with Crippen LogP contribution in [0.1, 0.15) is 50.8 Å². The molecule has 0 aromatic carbocycles. The Labute approximate surface area is 142 Å². The van der Waals surface area contributed by atoms with Crippen LogP contribution in [0.25, 0.3) is 0 Å². The minimum Gasteiger partial charge on any atom is -0.368 e. The molecule has 1 aliphatic heterocycles. The van der Waals surface area contributed by atoms with E-state index >= 15 is 0 Å². The normalized spacial score (nSPS) is 19.2. The summed E-state index contributed by atoms with van der Waals surface area (Å²) in [5, 5.41) is 12.3. The molecule has 8 nitrogen and oxygen atoms in total. The van der Waals surface area contributed by atoms with Crippen molar-refractivity contribution in [1.82, 2.24) is 29.8 Å². The molecule has 0 saturated carbocycles. The average molecular weight is 334 g/mol. The molecule has 0 spiro atoms. The van der Waals surface area contributed by atoms with Crippen LogP contribution in [-0.2, 0) is 24.2 Å². The molecule has 24 heavy (non-hydrogen) atoms. The Balaban J connectivity index is 1.57. The standard InChI is InChI=1S/C16H26N6O2/c1-4-22-11-17-19-16(22)13-9-21(7-8-23-13)10-15-18-14(20-24-15)6-5-12(2)3/h11-13H,4-10H2,1-3H3. The predicted molar refractivity (Wildman–Crippen MR) is 87.1 cm³/mol. The summed E-state index contributed by atoms with van der Waals surface area (Å²) >= 11 is 0. The van der Waals surface area contributed by atoms with Gasteiger partial charge < -0.3 is 13.8 Å². The van der Waals surface area contributed by atoms with Crippen LogP contribution < -0.4 is 0 Å². The maximum atomic E-state index is 5.87. The van der Waals surface area contributed by atoms with E-state index < -0.39 is 0 Å². The van der Waals surface area contributed by atoms with Crippen molar-refractivity contribution >= 4 is 0 Å². The van der Waals surface area contributed by atoms with Crippen molar-refractivity contribution in [3.8, 4) is 0 Å². The van der Waals surface area contributed by atoms with E-state index in [-0.39, 0.29) is 6.10 Å². The van der Waals surface area contributed by atoms with Crippen molar-refractivity contribution in [2.45, 2.75) is 52.8 Å². The van der Waals surface area contributed by atoms with Crippen molar-refractivity contribution < 1.29 is 9.26 Å². The second-order valence-corrected chi connectivity index (χ2v) is 6.61. The van der Waals surface area contributed by atoms with Crippen LogP contribution in [-0.4, -0.2) is 49.5 Å². The first-order valence-electron chi connectivity index (χ1n) is 8.68. The maximum absolute atomic E-state index is 5.87. The van der Waals surface area contributed by atoms with Gasteiger partial charge in [-0.2, -0.15) is 4.98 Å². The number of morpholine rings is 1. The minimum absolute atomic E-state index is 0.0652. The molecular weight excluding hydrogens is 308 g/mol. The van der Waals surface area contributed by atoms with Gasteiger partial charge in [-0.05, 0) is 19.3 Å². The smallest absolute Gasteiger partial charge is 0.240 e. The highest BCUT2D eigenvalue weighted by molar-refractivity contribution is 4.95. The minimum atomic E-state index is -0.0652. The first-order chi connectivity index (χ1) is 11.7. The van der Waals surface area contributed by atoms with Crippen LogP contribution in [0, 0.1) is 5.92 Å². The summed E-state index contributed by atoms with van der Waals surface area (Å²) in [6.45, 7) is 10.2. The summed E-state index contributed by atoms with van der Waals surface area (Å²) < 4.78 is 13.3. The fourth-order valence-corrected chi connectivity index (χ4v) is 2.82. The third-order valence-corrected chi connectivity index (χ3v) is 4.24. The molecule has 132 valence electrons. The maximum Gasteiger partial charge on any atom is 0.240 e. The Morgan fingerprint density at radius 1 is 1.38 bits per heavy atom. The van der Waals surface area contributed by atoms with Gasteiger partial charge in [0.25, 0.3) is 0 Å². The molecule has 1 fully saturated rings. The molecular formula is C16H26N6O2. The van der Waals surface area contributed by atoms with Gasteiger partial charge in [0.05, 0.1) is 13.2 Å². The van der Waals surface area contributed by atoms with Gasteiger partial charge in [-0.25, -0.2) is 0 Å². The highest BCUT2D eigenvalue weighted by atomic mass is 16.5. The zero-order valence-corrected chi connectivity index (χ0v) is 14.7. The Morgan fingerprint density at radius 3 is 3.04 bits per heavy atom. The molecule has 2 aromatic rings. The van der Waals surface area contributed by atoms with Crippen LogP contribution in [0.3, 0.4) is 0 Å². The second-order valence-electron chi connectivity index (χ2n) is 6.61. The quantitative estimate of drug-likeness (QED) is 0.764. The van der Waals surface area contributed by atoms with Gasteiger partial charge in [0, 0.05) is 26.1 Å². The summed E-state index contributed by atoms with van der Waals surface area (Å²) in [7, 11) is 0. The number of ether oxygens (including phenoxy) is 1. The third kappa shape index (κ3) is 4.18. The molecule has 1 saturated heterocycles. The van der Waals surface area contributed by atoms with Gasteiger partial charge in [-0.1, -0.05) is 19.0 Å². The number of nitrogens with zero attached hydrogens (tertiary/aromatic N) is 6. The molecule has 0 aliphatic carbocycles. The number of hydrogen-bond acceptors (Lipinski definition) is 7. The fourth-order valence-electron chi connectivity index (χ4n) is 2.82. The van der Waals surface area contributed by atoms with E-state index in [0.29, 0.717) is 25.0 Å². The molecule has 0 bridgehead atoms. The molecule has 0 amide bonds. The van der Waals surface area contributed by atoms with E-state index in [4.69, 9.17) is 9.26 Å². The highest BCUT2D eigenvalue weighted by Crippen LogP contribution is 2.21. The summed E-state index contributed by atoms with van der Waals surface area (Å²) in [5.74, 6) is 2.99. The van der Waals surface area contributed by atoms with Gasteiger partial charge in [-0.3, -0.25) is 4.90 Å². The van der Waals surface area contributed by atoms with Crippen LogP contribution in [0.4, 0.5) is 0 Å². The largest absolute Gasteiger partial charge is 0.368 e. The van der Waals surface area contributed by atoms with Crippen LogP contribution in [0.2, 0.25) is 0 Å². The molecule has 0 radical (unpaired) electrons. The van der Waals surface area contributed by atoms with E-state index in [0.717, 1.165) is 44.1 Å². The van der Waals surface area contributed by atoms with E-state index in [1.165, 1.54) is 0 Å². The first-order valence-corrected chi connectivity index (χ1v) is 8.68. The van der Waals surface area contributed by atoms with E-state index in [1.54, 1.807) is 6.33 Å². The van der Waals surface area contributed by atoms with Crippen molar-refractivity contribution in [3.63, 3.8) is 0 Å². The van der Waals surface area contributed by atoms with Gasteiger partial charge >= 0.3 is 0 Å². The zero-order chi connectivity index (χ0) is 16.9. The first kappa shape index (κ1) is 17.0. The second kappa shape index (κ2) is 7.85. The lowest BCUT2D eigenvalue weighted by Gasteiger charge is -2.31. The monoisotopic (exact) mass is 334 g/mol. The zero-order valence-electron chi connectivity index (χ0n) is 14.7. The lowest BCUT2D eigenvalue weighted by atomic mass is 10.1. The van der Waals surface area contributed by atoms with Gasteiger partial charge in [0.2, 0.25) is 5.89 Å². The molecule has 3 rings (SSSR count). The SMILES string of the molecule is CCn1cnnc1C1CN(Cc2nc(CCC(C)C)no2)CCO1. The van der Waals surface area contributed by atoms with E-state index in [9.17, 15) is 0 Å². The van der Waals surface area contributed by atoms with Gasteiger partial charge in [-0.15, -0.1) is 10.2 Å². The average Bonchev–Trinajstić information content (AvgIpc) is 3.22. The topological polar surface area (TPSA) is 82.1 Å². The molecule has 1 aliphatic rings. The van der Waals surface area contributed by atoms with Crippen molar-refractivity contribution in [1.29, 1.82) is 0 Å². The fraction of sp³-hybridized carbons (Fsp3) is 0.750. The number of hydrogen-bond donors (Lipinski definition) is 0. The number of rotatable bonds is 7. The van der Waals surface area contributed by atoms with Gasteiger partial charge in [0.15, 0.2) is 11.6 Å². The Bertz CT molecular complexity index is 638. The third-order valence-electron chi connectivity index (χ3n) is 4.24. The Kier molecular flexibility index (Phi) is 5.57. The molecule has 3 heterocycles. The van der Waals surface area contributed by atoms with Crippen LogP contribution in [0.15, 0.2) is 10.9 Å². The predicted octanol–water partition coefficient (Wildman–Crippen LogP) is 1.84. The summed E-state index contributed by atoms with van der Waals surface area (Å²) in [4.78, 5) is 6.77. The van der Waals surface area contributed by atoms with E-state index in [2.05, 4.69) is 46.0 Å². The molecule has 0 N–H and O–H groups in total. The van der Waals surface area contributed by atoms with E-state index in [1.807, 2.05) is 4.57 Å². The lowest BCUT2D eigenvalue weighted by Crippen LogP contribution is -2.38. The Morgan fingerprint density at radius 2 is 2.25 bits per heavy atom. The van der Waals surface area contributed by atoms with Gasteiger partial charge in [0.1, 0.15) is 12.4 Å². The summed E-state index contributed by atoms with van der Waals surface area (Å²) in [6.07, 6.45) is 3.62. The Hall–Kier alpha value is -1.80. The molecule has 1 unspecified atom stereocenters. The van der Waals surface area contributed by atoms with Crippen molar-refractivity contribution in [2.24, 2.45) is 5.92 Å². The lowest BCUT2D eigenvalue weighted by molar-refractivity contribution is -0.0414. The van der Waals surface area contributed by atoms with Crippen molar-refractivity contribution in [2.75, 3.05) is 19.7 Å². The molecule has 1 atom stereocenters. The number of aromatic nitrogens is 5. The number of aryl methyl sites for hydroxylation is 2. The highest BCUT2D eigenvalue weighted by Gasteiger charge is 2.27. The molecule has 8 heteroatoms. The molecule has 2 aromatic heterocycles. The van der Waals surface area contributed by atoms with Crippen LogP contribution in [0.5, 0.6) is 0 Å². The van der Waals surface area contributed by atoms with Crippen LogP contribution >= 0.6 is 0 Å². The summed E-state index contributed by atoms with van der Waals surface area (Å²) in [6, 6.07) is 0. The van der Waals surface area contributed by atoms with Crippen molar-refractivity contribution in [3.05, 3.63) is 23.9 Å². The summed E-state index contributed by atoms with van der Waals surface area (Å²) in [5.41, 5.74) is 0.